The van der Waals surface area contributed by atoms with Crippen LogP contribution < -0.4 is 0 Å². The molecular weight excluding hydrogens is 176 g/mol. The van der Waals surface area contributed by atoms with Crippen LogP contribution >= 0.6 is 11.8 Å². The summed E-state index contributed by atoms with van der Waals surface area (Å²) in [5, 5.41) is 1.33. The van der Waals surface area contributed by atoms with Crippen LogP contribution in [-0.2, 0) is 0 Å². The summed E-state index contributed by atoms with van der Waals surface area (Å²) in [5.41, 5.74) is 3.26. The molecule has 1 heteroatoms. The van der Waals surface area contributed by atoms with E-state index < -0.39 is 0 Å². The molecule has 0 aromatic carbocycles. The minimum atomic E-state index is 0.646. The van der Waals surface area contributed by atoms with Gasteiger partial charge < -0.3 is 0 Å². The average Bonchev–Trinajstić information content (AvgIpc) is 2.56. The molecular formula is C12H12S. The monoisotopic (exact) mass is 188 g/mol. The maximum atomic E-state index is 2.37. The van der Waals surface area contributed by atoms with Gasteiger partial charge in [-0.15, -0.1) is 11.8 Å². The van der Waals surface area contributed by atoms with Crippen molar-refractivity contribution in [3.63, 3.8) is 0 Å². The van der Waals surface area contributed by atoms with Gasteiger partial charge in [0.2, 0.25) is 0 Å². The highest BCUT2D eigenvalue weighted by atomic mass is 32.2. The molecule has 0 radical (unpaired) electrons. The summed E-state index contributed by atoms with van der Waals surface area (Å²) < 4.78 is 0. The smallest absolute Gasteiger partial charge is 0.0489 e. The Morgan fingerprint density at radius 2 is 2.15 bits per heavy atom. The Balaban J connectivity index is 2.06. The van der Waals surface area contributed by atoms with Gasteiger partial charge in [0.1, 0.15) is 0 Å². The Labute approximate surface area is 83.1 Å². The molecule has 2 unspecified atom stereocenters. The molecule has 0 bridgehead atoms. The van der Waals surface area contributed by atoms with Crippen molar-refractivity contribution < 1.29 is 0 Å². The third kappa shape index (κ3) is 1.14. The number of thioether (sulfide) groups is 1. The number of hydrogen-bond donors (Lipinski definition) is 0. The number of allylic oxidation sites excluding steroid dienone is 4. The molecule has 0 spiro atoms. The molecule has 1 heterocycles. The van der Waals surface area contributed by atoms with Crippen LogP contribution in [-0.4, -0.2) is 10.5 Å². The van der Waals surface area contributed by atoms with Crippen molar-refractivity contribution in [3.8, 4) is 0 Å². The predicted molar refractivity (Wildman–Crippen MR) is 58.8 cm³/mol. The van der Waals surface area contributed by atoms with Gasteiger partial charge in [0.25, 0.3) is 0 Å². The molecule has 3 aliphatic rings. The van der Waals surface area contributed by atoms with E-state index in [2.05, 4.69) is 48.2 Å². The lowest BCUT2D eigenvalue weighted by Crippen LogP contribution is -2.03. The van der Waals surface area contributed by atoms with Crippen molar-refractivity contribution in [3.05, 3.63) is 47.6 Å². The first-order valence-corrected chi connectivity index (χ1v) is 5.79. The van der Waals surface area contributed by atoms with E-state index in [9.17, 15) is 0 Å². The molecule has 0 aromatic rings. The van der Waals surface area contributed by atoms with Gasteiger partial charge in [-0.3, -0.25) is 0 Å². The second kappa shape index (κ2) is 2.91. The third-order valence-corrected chi connectivity index (χ3v) is 4.32. The van der Waals surface area contributed by atoms with E-state index in [1.54, 1.807) is 11.1 Å². The van der Waals surface area contributed by atoms with Gasteiger partial charge in [-0.05, 0) is 24.0 Å². The first-order valence-electron chi connectivity index (χ1n) is 4.85. The lowest BCUT2D eigenvalue weighted by atomic mass is 9.92. The Morgan fingerprint density at radius 1 is 1.15 bits per heavy atom. The summed E-state index contributed by atoms with van der Waals surface area (Å²) in [6.45, 7) is 0. The molecule has 1 aliphatic heterocycles. The summed E-state index contributed by atoms with van der Waals surface area (Å²) >= 11 is 2.08. The lowest BCUT2D eigenvalue weighted by molar-refractivity contribution is 0.903. The van der Waals surface area contributed by atoms with Crippen LogP contribution in [0, 0.1) is 0 Å². The first-order chi connectivity index (χ1) is 6.45. The molecule has 2 aliphatic carbocycles. The SMILES string of the molecule is C1=CC2=C3CCC=CC3SC2C=C1. The van der Waals surface area contributed by atoms with Crippen LogP contribution in [0.3, 0.4) is 0 Å². The fraction of sp³-hybridized carbons (Fsp3) is 0.333. The third-order valence-electron chi connectivity index (χ3n) is 2.88. The zero-order chi connectivity index (χ0) is 8.67. The minimum Gasteiger partial charge on any atom is -0.137 e. The van der Waals surface area contributed by atoms with Crippen molar-refractivity contribution in [1.29, 1.82) is 0 Å². The molecule has 3 rings (SSSR count). The molecule has 0 N–H and O–H groups in total. The van der Waals surface area contributed by atoms with Crippen molar-refractivity contribution in [2.24, 2.45) is 0 Å². The van der Waals surface area contributed by atoms with Gasteiger partial charge in [0.05, 0.1) is 0 Å². The molecule has 0 fully saturated rings. The van der Waals surface area contributed by atoms with Gasteiger partial charge in [-0.25, -0.2) is 0 Å². The Bertz CT molecular complexity index is 344. The van der Waals surface area contributed by atoms with Crippen LogP contribution in [0.25, 0.3) is 0 Å². The fourth-order valence-electron chi connectivity index (χ4n) is 2.24. The molecule has 66 valence electrons. The second-order valence-electron chi connectivity index (χ2n) is 3.67. The lowest BCUT2D eigenvalue weighted by Gasteiger charge is -2.13. The van der Waals surface area contributed by atoms with Gasteiger partial charge in [0, 0.05) is 10.5 Å². The molecule has 2 atom stereocenters. The van der Waals surface area contributed by atoms with Crippen LogP contribution in [0.15, 0.2) is 47.6 Å². The van der Waals surface area contributed by atoms with Crippen LogP contribution in [0.4, 0.5) is 0 Å². The van der Waals surface area contributed by atoms with Crippen LogP contribution in [0.1, 0.15) is 12.8 Å². The van der Waals surface area contributed by atoms with Crippen molar-refractivity contribution in [1.82, 2.24) is 0 Å². The second-order valence-corrected chi connectivity index (χ2v) is 4.96. The summed E-state index contributed by atoms with van der Waals surface area (Å²) in [6.07, 6.45) is 16.2. The molecule has 0 saturated heterocycles. The van der Waals surface area contributed by atoms with E-state index in [1.165, 1.54) is 12.8 Å². The number of fused-ring (bicyclic) bond motifs is 2. The normalized spacial score (nSPS) is 35.1. The molecule has 0 amide bonds. The summed E-state index contributed by atoms with van der Waals surface area (Å²) in [4.78, 5) is 0. The van der Waals surface area contributed by atoms with E-state index in [0.29, 0.717) is 10.5 Å². The zero-order valence-corrected chi connectivity index (χ0v) is 8.26. The highest BCUT2D eigenvalue weighted by Gasteiger charge is 2.31. The molecule has 13 heavy (non-hydrogen) atoms. The maximum Gasteiger partial charge on any atom is 0.0489 e. The number of hydrogen-bond acceptors (Lipinski definition) is 1. The molecule has 0 aromatic heterocycles. The van der Waals surface area contributed by atoms with E-state index in [-0.39, 0.29) is 0 Å². The topological polar surface area (TPSA) is 0 Å². The van der Waals surface area contributed by atoms with Gasteiger partial charge in [-0.2, -0.15) is 0 Å². The summed E-state index contributed by atoms with van der Waals surface area (Å²) in [7, 11) is 0. The Hall–Kier alpha value is -0.690. The maximum absolute atomic E-state index is 2.37. The van der Waals surface area contributed by atoms with Crippen LogP contribution in [0.5, 0.6) is 0 Å². The van der Waals surface area contributed by atoms with Crippen molar-refractivity contribution in [2.45, 2.75) is 23.3 Å². The predicted octanol–water partition coefficient (Wildman–Crippen LogP) is 3.24. The average molecular weight is 188 g/mol. The van der Waals surface area contributed by atoms with E-state index >= 15 is 0 Å². The highest BCUT2D eigenvalue weighted by molar-refractivity contribution is 8.01. The van der Waals surface area contributed by atoms with E-state index in [0.717, 1.165) is 0 Å². The fourth-order valence-corrected chi connectivity index (χ4v) is 3.74. The minimum absolute atomic E-state index is 0.646. The van der Waals surface area contributed by atoms with Crippen LogP contribution in [0.2, 0.25) is 0 Å². The Kier molecular flexibility index (Phi) is 1.72. The standard InChI is InChI=1S/C12H12S/c1-3-7-11-9(5-1)10-6-2-4-8-12(10)13-11/h1,3-5,7-8,11-12H,2,6H2. The number of rotatable bonds is 0. The quantitative estimate of drug-likeness (QED) is 0.526. The zero-order valence-electron chi connectivity index (χ0n) is 7.44. The summed E-state index contributed by atoms with van der Waals surface area (Å²) in [6, 6.07) is 0. The highest BCUT2D eigenvalue weighted by Crippen LogP contribution is 2.45. The van der Waals surface area contributed by atoms with Gasteiger partial charge >= 0.3 is 0 Å². The first kappa shape index (κ1) is 7.69. The Morgan fingerprint density at radius 3 is 3.15 bits per heavy atom. The van der Waals surface area contributed by atoms with Crippen molar-refractivity contribution in [2.75, 3.05) is 0 Å². The van der Waals surface area contributed by atoms with Gasteiger partial charge in [0.15, 0.2) is 0 Å². The molecule has 0 saturated carbocycles. The van der Waals surface area contributed by atoms with E-state index in [1.807, 2.05) is 0 Å². The van der Waals surface area contributed by atoms with E-state index in [4.69, 9.17) is 0 Å². The summed E-state index contributed by atoms with van der Waals surface area (Å²) in [5.74, 6) is 0. The molecule has 0 nitrogen and oxygen atoms in total. The largest absolute Gasteiger partial charge is 0.137 e. The van der Waals surface area contributed by atoms with Gasteiger partial charge in [-0.1, -0.05) is 36.5 Å². The van der Waals surface area contributed by atoms with Crippen molar-refractivity contribution >= 4 is 11.8 Å².